The fourth-order valence-electron chi connectivity index (χ4n) is 6.19. The van der Waals surface area contributed by atoms with Crippen molar-refractivity contribution in [1.82, 2.24) is 9.55 Å². The molecule has 5 rings (SSSR count). The summed E-state index contributed by atoms with van der Waals surface area (Å²) in [7, 11) is 3.16. The molecular formula is C39H44N2O13. The Kier molecular flexibility index (Phi) is 13.8. The van der Waals surface area contributed by atoms with Crippen molar-refractivity contribution >= 4 is 11.9 Å². The zero-order chi connectivity index (χ0) is 38.7. The second-order valence-corrected chi connectivity index (χ2v) is 12.4. The standard InChI is InChI=1S/C39H44N2O13/c1-25(42)50-22-32(53-26(2)43)19-21-49-24-51-36-35(45)33(54-37(36)41-20-18-34(44)40-38(41)46)23-52-39(27-8-6-5-7-9-27,28-10-14-30(47-3)15-11-28)29-12-16-31(48-4)17-13-29/h5-18,20,32-33,35-37,45H,19,21-24H2,1-4H3,(H,40,44,46)/t32?,33-,35+,36-,37-/m1/s1. The van der Waals surface area contributed by atoms with Crippen molar-refractivity contribution in [3.05, 3.63) is 129 Å². The summed E-state index contributed by atoms with van der Waals surface area (Å²) < 4.78 is 47.0. The largest absolute Gasteiger partial charge is 0.497 e. The smallest absolute Gasteiger partial charge is 0.330 e. The lowest BCUT2D eigenvalue weighted by atomic mass is 9.80. The van der Waals surface area contributed by atoms with Crippen LogP contribution in [0, 0.1) is 0 Å². The number of benzene rings is 3. The predicted octanol–water partition coefficient (Wildman–Crippen LogP) is 3.07. The highest BCUT2D eigenvalue weighted by Gasteiger charge is 2.48. The Hall–Kier alpha value is -5.32. The van der Waals surface area contributed by atoms with Crippen LogP contribution < -0.4 is 20.7 Å². The lowest BCUT2D eigenvalue weighted by Gasteiger charge is -2.37. The van der Waals surface area contributed by atoms with E-state index in [4.69, 9.17) is 37.9 Å². The molecule has 0 amide bonds. The number of aromatic nitrogens is 2. The molecule has 15 heteroatoms. The first-order valence-corrected chi connectivity index (χ1v) is 17.2. The van der Waals surface area contributed by atoms with Gasteiger partial charge in [0.25, 0.3) is 5.56 Å². The number of hydrogen-bond donors (Lipinski definition) is 2. The highest BCUT2D eigenvalue weighted by atomic mass is 16.7. The van der Waals surface area contributed by atoms with Crippen molar-refractivity contribution < 1.29 is 52.6 Å². The summed E-state index contributed by atoms with van der Waals surface area (Å²) in [5.41, 5.74) is -0.341. The number of nitrogens with zero attached hydrogens (tertiary/aromatic N) is 1. The number of aliphatic hydroxyl groups is 1. The number of methoxy groups -OCH3 is 2. The molecule has 0 spiro atoms. The summed E-state index contributed by atoms with van der Waals surface area (Å²) in [6.45, 7) is 1.81. The molecule has 1 aromatic heterocycles. The predicted molar refractivity (Wildman–Crippen MR) is 192 cm³/mol. The normalized spacial score (nSPS) is 18.8. The number of rotatable bonds is 18. The fraction of sp³-hybridized carbons (Fsp3) is 0.385. The molecule has 2 heterocycles. The number of ether oxygens (including phenoxy) is 8. The van der Waals surface area contributed by atoms with Gasteiger partial charge < -0.3 is 43.0 Å². The molecule has 0 bridgehead atoms. The van der Waals surface area contributed by atoms with E-state index in [0.29, 0.717) is 11.5 Å². The molecule has 1 saturated heterocycles. The van der Waals surface area contributed by atoms with Crippen LogP contribution in [0.2, 0.25) is 0 Å². The third-order valence-electron chi connectivity index (χ3n) is 8.81. The van der Waals surface area contributed by atoms with Crippen LogP contribution in [0.1, 0.15) is 43.2 Å². The van der Waals surface area contributed by atoms with Crippen molar-refractivity contribution in [3.8, 4) is 11.5 Å². The molecule has 5 atom stereocenters. The van der Waals surface area contributed by atoms with Crippen molar-refractivity contribution in [3.63, 3.8) is 0 Å². The third kappa shape index (κ3) is 9.61. The minimum Gasteiger partial charge on any atom is -0.497 e. The summed E-state index contributed by atoms with van der Waals surface area (Å²) in [5.74, 6) is 0.218. The van der Waals surface area contributed by atoms with Crippen LogP contribution >= 0.6 is 0 Å². The molecule has 0 aliphatic carbocycles. The maximum absolute atomic E-state index is 12.9. The van der Waals surface area contributed by atoms with Crippen LogP contribution in [0.15, 0.2) is 101 Å². The van der Waals surface area contributed by atoms with Crippen molar-refractivity contribution in [2.45, 2.75) is 56.5 Å². The molecule has 0 radical (unpaired) electrons. The van der Waals surface area contributed by atoms with Crippen LogP contribution in [-0.2, 0) is 43.6 Å². The van der Waals surface area contributed by atoms with Crippen LogP contribution in [-0.4, -0.2) is 91.8 Å². The van der Waals surface area contributed by atoms with Crippen LogP contribution in [0.25, 0.3) is 0 Å². The minimum atomic E-state index is -1.35. The highest BCUT2D eigenvalue weighted by molar-refractivity contribution is 5.67. The zero-order valence-electron chi connectivity index (χ0n) is 30.4. The Morgan fingerprint density at radius 2 is 1.48 bits per heavy atom. The average molecular weight is 749 g/mol. The first-order chi connectivity index (χ1) is 26.0. The van der Waals surface area contributed by atoms with Gasteiger partial charge in [-0.2, -0.15) is 0 Å². The molecule has 1 unspecified atom stereocenters. The number of aromatic amines is 1. The lowest BCUT2D eigenvalue weighted by Crippen LogP contribution is -2.41. The molecule has 2 N–H and O–H groups in total. The Labute approximate surface area is 311 Å². The van der Waals surface area contributed by atoms with Gasteiger partial charge in [0.1, 0.15) is 54.9 Å². The van der Waals surface area contributed by atoms with Crippen molar-refractivity contribution in [1.29, 1.82) is 0 Å². The van der Waals surface area contributed by atoms with E-state index in [-0.39, 0.29) is 33.0 Å². The van der Waals surface area contributed by atoms with Gasteiger partial charge in [-0.25, -0.2) is 4.79 Å². The highest BCUT2D eigenvalue weighted by Crippen LogP contribution is 2.43. The first kappa shape index (κ1) is 39.9. The second-order valence-electron chi connectivity index (χ2n) is 12.4. The van der Waals surface area contributed by atoms with Gasteiger partial charge in [0.05, 0.1) is 27.4 Å². The third-order valence-corrected chi connectivity index (χ3v) is 8.81. The van der Waals surface area contributed by atoms with Gasteiger partial charge in [-0.05, 0) is 41.0 Å². The Morgan fingerprint density at radius 3 is 2.04 bits per heavy atom. The Bertz CT molecular complexity index is 1880. The van der Waals surface area contributed by atoms with Gasteiger partial charge in [-0.15, -0.1) is 0 Å². The van der Waals surface area contributed by atoms with Gasteiger partial charge in [-0.3, -0.25) is 23.9 Å². The maximum Gasteiger partial charge on any atom is 0.330 e. The van der Waals surface area contributed by atoms with Gasteiger partial charge in [0.15, 0.2) is 6.23 Å². The quantitative estimate of drug-likeness (QED) is 0.0656. The zero-order valence-corrected chi connectivity index (χ0v) is 30.4. The number of esters is 2. The Morgan fingerprint density at radius 1 is 0.870 bits per heavy atom. The number of carbonyl (C=O) groups is 2. The molecule has 1 fully saturated rings. The topological polar surface area (TPSA) is 183 Å². The molecular weight excluding hydrogens is 704 g/mol. The summed E-state index contributed by atoms with van der Waals surface area (Å²) in [5, 5.41) is 11.7. The summed E-state index contributed by atoms with van der Waals surface area (Å²) in [4.78, 5) is 49.8. The van der Waals surface area contributed by atoms with Gasteiger partial charge >= 0.3 is 17.6 Å². The van der Waals surface area contributed by atoms with Crippen LogP contribution in [0.4, 0.5) is 0 Å². The number of aliphatic hydroxyl groups excluding tert-OH is 1. The van der Waals surface area contributed by atoms with E-state index in [1.165, 1.54) is 20.0 Å². The number of H-pyrrole nitrogens is 1. The molecule has 0 saturated carbocycles. The first-order valence-electron chi connectivity index (χ1n) is 17.2. The molecule has 4 aromatic rings. The molecule has 15 nitrogen and oxygen atoms in total. The van der Waals surface area contributed by atoms with E-state index in [0.717, 1.165) is 27.3 Å². The molecule has 288 valence electrons. The van der Waals surface area contributed by atoms with Crippen molar-refractivity contribution in [2.75, 3.05) is 40.8 Å². The lowest BCUT2D eigenvalue weighted by molar-refractivity contribution is -0.161. The number of hydrogen-bond acceptors (Lipinski definition) is 13. The van der Waals surface area contributed by atoms with Gasteiger partial charge in [0, 0.05) is 32.5 Å². The van der Waals surface area contributed by atoms with Crippen molar-refractivity contribution in [2.24, 2.45) is 0 Å². The van der Waals surface area contributed by atoms with Crippen LogP contribution in [0.5, 0.6) is 11.5 Å². The monoisotopic (exact) mass is 748 g/mol. The molecule has 1 aliphatic rings. The molecule has 1 aliphatic heterocycles. The summed E-state index contributed by atoms with van der Waals surface area (Å²) in [6.07, 6.45) is -4.08. The average Bonchev–Trinajstić information content (AvgIpc) is 3.48. The van der Waals surface area contributed by atoms with E-state index >= 15 is 0 Å². The SMILES string of the molecule is COc1ccc(C(OC[C@H]2O[C@@H](n3ccc(=O)[nH]c3=O)[C@H](OCOCCC(COC(C)=O)OC(C)=O)[C@H]2O)(c2ccccc2)c2ccc(OC)cc2)cc1. The van der Waals surface area contributed by atoms with E-state index in [1.54, 1.807) is 14.2 Å². The van der Waals surface area contributed by atoms with E-state index in [1.807, 2.05) is 78.9 Å². The fourth-order valence-corrected chi connectivity index (χ4v) is 6.19. The summed E-state index contributed by atoms with van der Waals surface area (Å²) in [6, 6.07) is 25.6. The second kappa shape index (κ2) is 18.6. The van der Waals surface area contributed by atoms with E-state index in [2.05, 4.69) is 4.98 Å². The minimum absolute atomic E-state index is 0.0298. The van der Waals surface area contributed by atoms with E-state index in [9.17, 15) is 24.3 Å². The van der Waals surface area contributed by atoms with Crippen LogP contribution in [0.3, 0.4) is 0 Å². The maximum atomic E-state index is 12.9. The molecule has 54 heavy (non-hydrogen) atoms. The number of nitrogens with one attached hydrogen (secondary N) is 1. The summed E-state index contributed by atoms with van der Waals surface area (Å²) >= 11 is 0. The van der Waals surface area contributed by atoms with Gasteiger partial charge in [-0.1, -0.05) is 54.6 Å². The number of carbonyl (C=O) groups excluding carboxylic acids is 2. The van der Waals surface area contributed by atoms with E-state index < -0.39 is 59.4 Å². The molecule has 3 aromatic carbocycles. The Balaban J connectivity index is 1.42. The van der Waals surface area contributed by atoms with Gasteiger partial charge in [0.2, 0.25) is 0 Å².